The maximum atomic E-state index is 12.3. The van der Waals surface area contributed by atoms with E-state index >= 15 is 0 Å². The molecule has 0 fully saturated rings. The third kappa shape index (κ3) is 4.34. The number of methoxy groups -OCH3 is 1. The SMILES string of the molecule is COc1ccc(NC(=O)CSc2nc(N)c(C#N)c(-c3c(=O)o[nH][n+]3C)c2C#N)cc1. The molecule has 1 amide bonds. The summed E-state index contributed by atoms with van der Waals surface area (Å²) in [5, 5.41) is 24.4. The summed E-state index contributed by atoms with van der Waals surface area (Å²) in [6, 6.07) is 10.6. The fourth-order valence-corrected chi connectivity index (χ4v) is 3.55. The Kier molecular flexibility index (Phi) is 6.23. The second-order valence-electron chi connectivity index (χ2n) is 6.10. The third-order valence-electron chi connectivity index (χ3n) is 4.17. The summed E-state index contributed by atoms with van der Waals surface area (Å²) in [7, 11) is 3.02. The Labute approximate surface area is 180 Å². The van der Waals surface area contributed by atoms with Crippen molar-refractivity contribution < 1.29 is 18.7 Å². The van der Waals surface area contributed by atoms with Crippen molar-refractivity contribution in [3.05, 3.63) is 45.8 Å². The number of carbonyl (C=O) groups excluding carboxylic acids is 1. The highest BCUT2D eigenvalue weighted by Crippen LogP contribution is 2.33. The number of nitrogens with two attached hydrogens (primary N) is 1. The van der Waals surface area contributed by atoms with Crippen molar-refractivity contribution in [2.45, 2.75) is 5.03 Å². The van der Waals surface area contributed by atoms with Gasteiger partial charge in [-0.25, -0.2) is 9.78 Å². The molecule has 0 saturated heterocycles. The Morgan fingerprint density at radius 1 is 1.32 bits per heavy atom. The number of nitrogens with zero attached hydrogens (tertiary/aromatic N) is 4. The van der Waals surface area contributed by atoms with E-state index in [1.165, 1.54) is 11.7 Å². The number of ether oxygens (including phenoxy) is 1. The number of nitrogens with one attached hydrogen (secondary N) is 2. The van der Waals surface area contributed by atoms with Crippen LogP contribution in [-0.4, -0.2) is 29.0 Å². The van der Waals surface area contributed by atoms with Crippen molar-refractivity contribution in [1.82, 2.24) is 10.3 Å². The zero-order valence-electron chi connectivity index (χ0n) is 16.4. The number of anilines is 2. The molecule has 0 spiro atoms. The molecule has 0 saturated carbocycles. The average molecular weight is 438 g/mol. The molecule has 12 heteroatoms. The Morgan fingerprint density at radius 2 is 2.00 bits per heavy atom. The van der Waals surface area contributed by atoms with Crippen LogP contribution in [0.4, 0.5) is 11.5 Å². The molecular weight excluding hydrogens is 422 g/mol. The van der Waals surface area contributed by atoms with E-state index in [0.717, 1.165) is 11.8 Å². The van der Waals surface area contributed by atoms with Crippen molar-refractivity contribution in [3.8, 4) is 29.1 Å². The molecule has 0 unspecified atom stereocenters. The van der Waals surface area contributed by atoms with E-state index in [1.807, 2.05) is 12.1 Å². The number of benzene rings is 1. The number of hydrogen-bond acceptors (Lipinski definition) is 9. The summed E-state index contributed by atoms with van der Waals surface area (Å²) >= 11 is 0.951. The summed E-state index contributed by atoms with van der Waals surface area (Å²) in [5.41, 5.74) is 5.42. The van der Waals surface area contributed by atoms with Crippen LogP contribution in [0.1, 0.15) is 11.1 Å². The number of pyridine rings is 1. The monoisotopic (exact) mass is 438 g/mol. The van der Waals surface area contributed by atoms with Gasteiger partial charge in [0.05, 0.1) is 18.4 Å². The van der Waals surface area contributed by atoms with Gasteiger partial charge in [0.15, 0.2) is 7.05 Å². The number of hydrogen-bond donors (Lipinski definition) is 3. The molecule has 0 bridgehead atoms. The maximum absolute atomic E-state index is 12.3. The smallest absolute Gasteiger partial charge is 0.435 e. The number of nitriles is 2. The number of aromatic amines is 1. The first-order valence-corrected chi connectivity index (χ1v) is 9.66. The van der Waals surface area contributed by atoms with E-state index in [9.17, 15) is 20.1 Å². The summed E-state index contributed by atoms with van der Waals surface area (Å²) in [4.78, 5) is 28.6. The molecule has 0 atom stereocenters. The van der Waals surface area contributed by atoms with Crippen LogP contribution < -0.4 is 26.1 Å². The van der Waals surface area contributed by atoms with E-state index in [2.05, 4.69) is 15.6 Å². The Bertz CT molecular complexity index is 1280. The van der Waals surface area contributed by atoms with Gasteiger partial charge in [0.2, 0.25) is 5.91 Å². The molecule has 2 aromatic heterocycles. The standard InChI is InChI=1S/C19H15N7O4S/c1-26-16(19(28)30-25-26)15-12(7-20)17(22)24-18(13(15)8-21)31-9-14(27)23-10-3-5-11(29-2)6-4-10/h3-6H,9H2,1-2H3,(H3-,22,23,24,25,27,28)/p+1. The summed E-state index contributed by atoms with van der Waals surface area (Å²) in [6.45, 7) is 0. The molecule has 156 valence electrons. The lowest BCUT2D eigenvalue weighted by Crippen LogP contribution is -2.34. The van der Waals surface area contributed by atoms with Gasteiger partial charge >= 0.3 is 11.3 Å². The van der Waals surface area contributed by atoms with Crippen molar-refractivity contribution in [2.75, 3.05) is 23.9 Å². The first kappa shape index (κ1) is 21.4. The molecule has 3 aromatic rings. The molecule has 11 nitrogen and oxygen atoms in total. The topological polar surface area (TPSA) is 175 Å². The number of H-pyrrole nitrogens is 1. The summed E-state index contributed by atoms with van der Waals surface area (Å²) in [5.74, 6) is 0.0391. The summed E-state index contributed by atoms with van der Waals surface area (Å²) < 4.78 is 11.0. The van der Waals surface area contributed by atoms with E-state index in [1.54, 1.807) is 31.4 Å². The van der Waals surface area contributed by atoms with Gasteiger partial charge in [0.25, 0.3) is 0 Å². The van der Waals surface area contributed by atoms with Gasteiger partial charge in [-0.2, -0.15) is 10.5 Å². The van der Waals surface area contributed by atoms with Crippen LogP contribution in [-0.2, 0) is 11.8 Å². The van der Waals surface area contributed by atoms with Crippen LogP contribution in [0.3, 0.4) is 0 Å². The lowest BCUT2D eigenvalue weighted by Gasteiger charge is -2.10. The molecule has 0 aliphatic rings. The minimum absolute atomic E-state index is 0.00642. The summed E-state index contributed by atoms with van der Waals surface area (Å²) in [6.07, 6.45) is 0. The number of aromatic nitrogens is 3. The largest absolute Gasteiger partial charge is 0.497 e. The predicted octanol–water partition coefficient (Wildman–Crippen LogP) is 0.919. The number of aryl methyl sites for hydroxylation is 1. The normalized spacial score (nSPS) is 10.2. The zero-order chi connectivity index (χ0) is 22.5. The number of rotatable bonds is 6. The number of thioether (sulfide) groups is 1. The van der Waals surface area contributed by atoms with E-state index in [-0.39, 0.29) is 44.9 Å². The minimum atomic E-state index is -0.783. The van der Waals surface area contributed by atoms with Gasteiger partial charge in [0, 0.05) is 5.69 Å². The molecule has 0 aliphatic heterocycles. The lowest BCUT2D eigenvalue weighted by atomic mass is 10.0. The second-order valence-corrected chi connectivity index (χ2v) is 7.07. The number of nitrogen functional groups attached to an aromatic ring is 1. The molecule has 3 rings (SSSR count). The first-order chi connectivity index (χ1) is 14.9. The third-order valence-corrected chi connectivity index (χ3v) is 5.15. The van der Waals surface area contributed by atoms with E-state index in [4.69, 9.17) is 15.0 Å². The van der Waals surface area contributed by atoms with Gasteiger partial charge in [-0.05, 0) is 29.5 Å². The molecule has 4 N–H and O–H groups in total. The van der Waals surface area contributed by atoms with Crippen molar-refractivity contribution in [2.24, 2.45) is 7.05 Å². The van der Waals surface area contributed by atoms with Crippen LogP contribution in [0.15, 0.2) is 38.6 Å². The Balaban J connectivity index is 1.91. The predicted molar refractivity (Wildman–Crippen MR) is 110 cm³/mol. The zero-order valence-corrected chi connectivity index (χ0v) is 17.2. The van der Waals surface area contributed by atoms with Gasteiger partial charge in [-0.3, -0.25) is 9.32 Å². The maximum Gasteiger partial charge on any atom is 0.435 e. The Hall–Kier alpha value is -4.29. The molecule has 31 heavy (non-hydrogen) atoms. The van der Waals surface area contributed by atoms with Crippen LogP contribution >= 0.6 is 11.8 Å². The van der Waals surface area contributed by atoms with Gasteiger partial charge in [-0.15, -0.1) is 0 Å². The minimum Gasteiger partial charge on any atom is -0.497 e. The van der Waals surface area contributed by atoms with Gasteiger partial charge in [-0.1, -0.05) is 16.4 Å². The van der Waals surface area contributed by atoms with Crippen LogP contribution in [0.2, 0.25) is 0 Å². The molecular formula is C19H16N7O4S+. The lowest BCUT2D eigenvalue weighted by molar-refractivity contribution is -0.730. The first-order valence-electron chi connectivity index (χ1n) is 8.67. The fraction of sp³-hybridized carbons (Fsp3) is 0.158. The molecule has 0 aliphatic carbocycles. The van der Waals surface area contributed by atoms with E-state index < -0.39 is 5.63 Å². The van der Waals surface area contributed by atoms with Crippen molar-refractivity contribution in [3.63, 3.8) is 0 Å². The second kappa shape index (κ2) is 9.02. The molecule has 1 aromatic carbocycles. The van der Waals surface area contributed by atoms with Gasteiger partial charge in [0.1, 0.15) is 39.9 Å². The van der Waals surface area contributed by atoms with E-state index in [0.29, 0.717) is 11.4 Å². The quantitative estimate of drug-likeness (QED) is 0.373. The van der Waals surface area contributed by atoms with Gasteiger partial charge < -0.3 is 15.8 Å². The highest BCUT2D eigenvalue weighted by atomic mass is 32.2. The highest BCUT2D eigenvalue weighted by molar-refractivity contribution is 8.00. The molecule has 0 radical (unpaired) electrons. The van der Waals surface area contributed by atoms with Crippen LogP contribution in [0.25, 0.3) is 11.3 Å². The highest BCUT2D eigenvalue weighted by Gasteiger charge is 2.31. The van der Waals surface area contributed by atoms with Crippen molar-refractivity contribution >= 4 is 29.2 Å². The number of amides is 1. The molecule has 2 heterocycles. The fourth-order valence-electron chi connectivity index (χ4n) is 2.76. The Morgan fingerprint density at radius 3 is 2.55 bits per heavy atom. The van der Waals surface area contributed by atoms with Crippen LogP contribution in [0, 0.1) is 22.7 Å². The van der Waals surface area contributed by atoms with Crippen molar-refractivity contribution in [1.29, 1.82) is 10.5 Å². The number of carbonyl (C=O) groups is 1. The van der Waals surface area contributed by atoms with Crippen LogP contribution in [0.5, 0.6) is 5.75 Å². The average Bonchev–Trinajstić information content (AvgIpc) is 3.09.